The van der Waals surface area contributed by atoms with E-state index >= 15 is 0 Å². The fourth-order valence-corrected chi connectivity index (χ4v) is 2.25. The lowest BCUT2D eigenvalue weighted by molar-refractivity contribution is 0.836. The Labute approximate surface area is 90.5 Å². The minimum absolute atomic E-state index is 0.587. The second-order valence-electron chi connectivity index (χ2n) is 4.97. The molecule has 0 saturated heterocycles. The molecule has 0 spiro atoms. The fourth-order valence-electron chi connectivity index (χ4n) is 2.25. The lowest BCUT2D eigenvalue weighted by Crippen LogP contribution is -1.86. The minimum atomic E-state index is 0.587. The number of fused-ring (bicyclic) bond motifs is 1. The number of benzene rings is 1. The molecule has 1 aromatic heterocycles. The molecule has 1 heterocycles. The topological polar surface area (TPSA) is 15.8 Å². The third-order valence-corrected chi connectivity index (χ3v) is 3.35. The van der Waals surface area contributed by atoms with Gasteiger partial charge in [0.05, 0.1) is 0 Å². The number of nitrogens with one attached hydrogen (secondary N) is 1. The van der Waals surface area contributed by atoms with Gasteiger partial charge in [0.25, 0.3) is 0 Å². The Morgan fingerprint density at radius 2 is 2.07 bits per heavy atom. The van der Waals surface area contributed by atoms with Gasteiger partial charge in [0.15, 0.2) is 0 Å². The van der Waals surface area contributed by atoms with Crippen molar-refractivity contribution in [3.63, 3.8) is 0 Å². The van der Waals surface area contributed by atoms with Crippen molar-refractivity contribution in [2.45, 2.75) is 38.5 Å². The van der Waals surface area contributed by atoms with Crippen LogP contribution in [0.4, 0.5) is 0 Å². The molecule has 0 radical (unpaired) electrons. The molecule has 3 rings (SSSR count). The number of aromatic amines is 1. The highest BCUT2D eigenvalue weighted by Gasteiger charge is 2.25. The second kappa shape index (κ2) is 3.13. The molecule has 2 aromatic rings. The van der Waals surface area contributed by atoms with Crippen LogP contribution in [0.1, 0.15) is 49.8 Å². The third kappa shape index (κ3) is 1.46. The van der Waals surface area contributed by atoms with Gasteiger partial charge in [-0.2, -0.15) is 0 Å². The first-order valence-corrected chi connectivity index (χ1v) is 5.87. The number of hydrogen-bond acceptors (Lipinski definition) is 0. The summed E-state index contributed by atoms with van der Waals surface area (Å²) in [5.41, 5.74) is 4.27. The number of hydrogen-bond donors (Lipinski definition) is 1. The van der Waals surface area contributed by atoms with Crippen LogP contribution in [-0.2, 0) is 0 Å². The van der Waals surface area contributed by atoms with Crippen molar-refractivity contribution in [3.05, 3.63) is 35.5 Å². The summed E-state index contributed by atoms with van der Waals surface area (Å²) in [7, 11) is 0. The van der Waals surface area contributed by atoms with Crippen LogP contribution in [-0.4, -0.2) is 4.98 Å². The summed E-state index contributed by atoms with van der Waals surface area (Å²) < 4.78 is 0. The molecule has 1 aliphatic rings. The molecule has 78 valence electrons. The van der Waals surface area contributed by atoms with E-state index in [1.807, 2.05) is 0 Å². The van der Waals surface area contributed by atoms with Crippen molar-refractivity contribution in [2.24, 2.45) is 0 Å². The van der Waals surface area contributed by atoms with Crippen LogP contribution < -0.4 is 0 Å². The van der Waals surface area contributed by atoms with E-state index in [9.17, 15) is 0 Å². The number of para-hydroxylation sites is 1. The van der Waals surface area contributed by atoms with Crippen molar-refractivity contribution >= 4 is 10.9 Å². The van der Waals surface area contributed by atoms with E-state index in [4.69, 9.17) is 0 Å². The fraction of sp³-hybridized carbons (Fsp3) is 0.429. The second-order valence-corrected chi connectivity index (χ2v) is 4.97. The van der Waals surface area contributed by atoms with Gasteiger partial charge in [0.1, 0.15) is 0 Å². The number of H-pyrrole nitrogens is 1. The third-order valence-electron chi connectivity index (χ3n) is 3.35. The van der Waals surface area contributed by atoms with E-state index in [1.165, 1.54) is 35.0 Å². The van der Waals surface area contributed by atoms with Crippen LogP contribution in [0.15, 0.2) is 24.3 Å². The Morgan fingerprint density at radius 1 is 1.27 bits per heavy atom. The molecule has 0 atom stereocenters. The summed E-state index contributed by atoms with van der Waals surface area (Å²) >= 11 is 0. The molecule has 1 heteroatoms. The van der Waals surface area contributed by atoms with Gasteiger partial charge in [0.2, 0.25) is 0 Å². The van der Waals surface area contributed by atoms with Crippen molar-refractivity contribution in [2.75, 3.05) is 0 Å². The Hall–Kier alpha value is -1.24. The van der Waals surface area contributed by atoms with Crippen LogP contribution >= 0.6 is 0 Å². The highest BCUT2D eigenvalue weighted by atomic mass is 14.7. The van der Waals surface area contributed by atoms with Crippen molar-refractivity contribution in [3.8, 4) is 0 Å². The van der Waals surface area contributed by atoms with Gasteiger partial charge in [-0.1, -0.05) is 32.0 Å². The monoisotopic (exact) mass is 199 g/mol. The molecule has 0 amide bonds. The average molecular weight is 199 g/mol. The predicted octanol–water partition coefficient (Wildman–Crippen LogP) is 4.17. The highest BCUT2D eigenvalue weighted by Crippen LogP contribution is 2.43. The first kappa shape index (κ1) is 9.02. The van der Waals surface area contributed by atoms with Gasteiger partial charge in [0, 0.05) is 11.2 Å². The summed E-state index contributed by atoms with van der Waals surface area (Å²) in [4.78, 5) is 3.58. The maximum Gasteiger partial charge on any atom is 0.0491 e. The lowest BCUT2D eigenvalue weighted by Gasteiger charge is -2.01. The smallest absolute Gasteiger partial charge is 0.0491 e. The van der Waals surface area contributed by atoms with Gasteiger partial charge < -0.3 is 4.98 Å². The van der Waals surface area contributed by atoms with E-state index < -0.39 is 0 Å². The molecule has 1 nitrogen and oxygen atoms in total. The number of rotatable bonds is 2. The zero-order valence-corrected chi connectivity index (χ0v) is 9.38. The molecule has 0 aliphatic heterocycles. The molecule has 1 aromatic carbocycles. The predicted molar refractivity (Wildman–Crippen MR) is 64.4 cm³/mol. The van der Waals surface area contributed by atoms with E-state index in [0.29, 0.717) is 5.92 Å². The molecule has 1 aliphatic carbocycles. The average Bonchev–Trinajstić information content (AvgIpc) is 2.95. The molecule has 0 unspecified atom stereocenters. The molecule has 0 bridgehead atoms. The Kier molecular flexibility index (Phi) is 1.88. The molecule has 1 fully saturated rings. The van der Waals surface area contributed by atoms with Gasteiger partial charge in [-0.25, -0.2) is 0 Å². The van der Waals surface area contributed by atoms with Gasteiger partial charge >= 0.3 is 0 Å². The van der Waals surface area contributed by atoms with E-state index in [2.05, 4.69) is 43.1 Å². The van der Waals surface area contributed by atoms with Gasteiger partial charge in [-0.05, 0) is 41.7 Å². The minimum Gasteiger partial charge on any atom is -0.358 e. The first-order chi connectivity index (χ1) is 7.25. The summed E-state index contributed by atoms with van der Waals surface area (Å²) in [5.74, 6) is 1.41. The van der Waals surface area contributed by atoms with Crippen LogP contribution in [0.25, 0.3) is 10.9 Å². The normalized spacial score (nSPS) is 16.5. The molecule has 15 heavy (non-hydrogen) atoms. The Bertz CT molecular complexity index is 489. The van der Waals surface area contributed by atoms with Crippen LogP contribution in [0.3, 0.4) is 0 Å². The zero-order chi connectivity index (χ0) is 10.4. The largest absolute Gasteiger partial charge is 0.358 e. The van der Waals surface area contributed by atoms with E-state index in [1.54, 1.807) is 0 Å². The summed E-state index contributed by atoms with van der Waals surface area (Å²) in [5, 5.41) is 1.38. The molecule has 1 N–H and O–H groups in total. The summed E-state index contributed by atoms with van der Waals surface area (Å²) in [6.07, 6.45) is 2.74. The highest BCUT2D eigenvalue weighted by molar-refractivity contribution is 5.84. The van der Waals surface area contributed by atoms with Crippen LogP contribution in [0, 0.1) is 0 Å². The Balaban J connectivity index is 2.20. The van der Waals surface area contributed by atoms with Crippen LogP contribution in [0.5, 0.6) is 0 Å². The van der Waals surface area contributed by atoms with Crippen molar-refractivity contribution < 1.29 is 0 Å². The Morgan fingerprint density at radius 3 is 2.73 bits per heavy atom. The summed E-state index contributed by atoms with van der Waals surface area (Å²) in [6, 6.07) is 8.98. The van der Waals surface area contributed by atoms with Crippen molar-refractivity contribution in [1.29, 1.82) is 0 Å². The van der Waals surface area contributed by atoms with Crippen LogP contribution in [0.2, 0.25) is 0 Å². The molecular weight excluding hydrogens is 182 g/mol. The summed E-state index contributed by atoms with van der Waals surface area (Å²) in [6.45, 7) is 4.48. The van der Waals surface area contributed by atoms with E-state index in [0.717, 1.165) is 5.92 Å². The molecular formula is C14H17N. The maximum atomic E-state index is 3.58. The number of aromatic nitrogens is 1. The zero-order valence-electron chi connectivity index (χ0n) is 9.38. The maximum absolute atomic E-state index is 3.58. The van der Waals surface area contributed by atoms with Crippen molar-refractivity contribution in [1.82, 2.24) is 4.98 Å². The van der Waals surface area contributed by atoms with E-state index in [-0.39, 0.29) is 0 Å². The SMILES string of the molecule is CC(C)c1cc2cccc(C3CC3)c2[nH]1. The standard InChI is InChI=1S/C14H17N/c1-9(2)13-8-11-4-3-5-12(10-6-7-10)14(11)15-13/h3-5,8-10,15H,6-7H2,1-2H3. The van der Waals surface area contributed by atoms with Gasteiger partial charge in [-0.15, -0.1) is 0 Å². The quantitative estimate of drug-likeness (QED) is 0.747. The molecule has 1 saturated carbocycles. The first-order valence-electron chi connectivity index (χ1n) is 5.87. The van der Waals surface area contributed by atoms with Gasteiger partial charge in [-0.3, -0.25) is 0 Å². The lowest BCUT2D eigenvalue weighted by atomic mass is 10.1.